The van der Waals surface area contributed by atoms with E-state index >= 15 is 0 Å². The number of nitrogens with one attached hydrogen (secondary N) is 1. The predicted molar refractivity (Wildman–Crippen MR) is 101 cm³/mol. The average Bonchev–Trinajstić information content (AvgIpc) is 3.31. The third-order valence-electron chi connectivity index (χ3n) is 4.16. The van der Waals surface area contributed by atoms with Crippen molar-refractivity contribution in [2.75, 3.05) is 5.32 Å². The summed E-state index contributed by atoms with van der Waals surface area (Å²) in [4.78, 5) is 8.05. The molecule has 3 heterocycles. The molecule has 0 fully saturated rings. The van der Waals surface area contributed by atoms with Gasteiger partial charge in [-0.1, -0.05) is 0 Å². The summed E-state index contributed by atoms with van der Waals surface area (Å²) >= 11 is 0. The number of ether oxygens (including phenoxy) is 1. The van der Waals surface area contributed by atoms with Crippen molar-refractivity contribution >= 4 is 5.69 Å². The Morgan fingerprint density at radius 3 is 2.67 bits per heavy atom. The molecule has 0 aliphatic carbocycles. The molecule has 4 rings (SSSR count). The summed E-state index contributed by atoms with van der Waals surface area (Å²) in [6.07, 6.45) is 6.58. The van der Waals surface area contributed by atoms with Crippen molar-refractivity contribution in [1.29, 1.82) is 0 Å². The number of nitrogens with zero attached hydrogens (tertiary/aromatic N) is 6. The Hall–Kier alpha value is -3.68. The minimum Gasteiger partial charge on any atom is -0.437 e. The van der Waals surface area contributed by atoms with Crippen molar-refractivity contribution in [3.63, 3.8) is 0 Å². The molecule has 0 aliphatic rings. The van der Waals surface area contributed by atoms with Gasteiger partial charge in [0.2, 0.25) is 5.88 Å². The van der Waals surface area contributed by atoms with Crippen LogP contribution in [-0.4, -0.2) is 29.5 Å². The quantitative estimate of drug-likeness (QED) is 0.568. The monoisotopic (exact) mass is 361 g/mol. The summed E-state index contributed by atoms with van der Waals surface area (Å²) < 4.78 is 9.46. The molecule has 8 heteroatoms. The number of hydrogen-bond donors (Lipinski definition) is 1. The fourth-order valence-corrected chi connectivity index (χ4v) is 2.80. The zero-order chi connectivity index (χ0) is 18.6. The molecule has 0 spiro atoms. The van der Waals surface area contributed by atoms with Crippen molar-refractivity contribution in [2.45, 2.75) is 13.5 Å². The van der Waals surface area contributed by atoms with Crippen LogP contribution < -0.4 is 10.1 Å². The Morgan fingerprint density at radius 1 is 1.11 bits per heavy atom. The first kappa shape index (κ1) is 16.8. The maximum absolute atomic E-state index is 6.00. The molecule has 0 atom stereocenters. The molecule has 0 amide bonds. The fraction of sp³-hybridized carbons (Fsp3) is 0.158. The van der Waals surface area contributed by atoms with Crippen LogP contribution in [0.15, 0.2) is 61.4 Å². The van der Waals surface area contributed by atoms with E-state index in [0.29, 0.717) is 18.2 Å². The van der Waals surface area contributed by atoms with Gasteiger partial charge in [0.05, 0.1) is 23.1 Å². The summed E-state index contributed by atoms with van der Waals surface area (Å²) in [7, 11) is 1.87. The third kappa shape index (κ3) is 3.64. The van der Waals surface area contributed by atoms with Crippen LogP contribution in [0.25, 0.3) is 5.69 Å². The number of benzene rings is 1. The van der Waals surface area contributed by atoms with E-state index in [0.717, 1.165) is 22.6 Å². The molecule has 1 aromatic carbocycles. The van der Waals surface area contributed by atoms with Gasteiger partial charge in [-0.2, -0.15) is 10.2 Å². The molecule has 0 radical (unpaired) electrons. The predicted octanol–water partition coefficient (Wildman–Crippen LogP) is 3.11. The lowest BCUT2D eigenvalue weighted by molar-refractivity contribution is 0.425. The Morgan fingerprint density at radius 2 is 1.96 bits per heavy atom. The molecule has 3 aromatic heterocycles. The third-order valence-corrected chi connectivity index (χ3v) is 4.16. The molecule has 136 valence electrons. The second-order valence-electron chi connectivity index (χ2n) is 6.02. The average molecular weight is 361 g/mol. The fourth-order valence-electron chi connectivity index (χ4n) is 2.80. The van der Waals surface area contributed by atoms with Crippen LogP contribution in [0.3, 0.4) is 0 Å². The van der Waals surface area contributed by atoms with Gasteiger partial charge in [-0.25, -0.2) is 14.3 Å². The number of aromatic nitrogens is 6. The van der Waals surface area contributed by atoms with Crippen LogP contribution in [0.1, 0.15) is 11.3 Å². The highest BCUT2D eigenvalue weighted by atomic mass is 16.5. The largest absolute Gasteiger partial charge is 0.437 e. The van der Waals surface area contributed by atoms with Crippen molar-refractivity contribution in [3.05, 3.63) is 72.7 Å². The highest BCUT2D eigenvalue weighted by Gasteiger charge is 2.15. The van der Waals surface area contributed by atoms with E-state index in [-0.39, 0.29) is 0 Å². The van der Waals surface area contributed by atoms with E-state index in [1.807, 2.05) is 50.4 Å². The maximum Gasteiger partial charge on any atom is 0.222 e. The molecule has 0 saturated heterocycles. The lowest BCUT2D eigenvalue weighted by atomic mass is 10.2. The summed E-state index contributed by atoms with van der Waals surface area (Å²) in [5.41, 5.74) is 3.87. The van der Waals surface area contributed by atoms with Crippen molar-refractivity contribution in [3.8, 4) is 17.3 Å². The number of pyridine rings is 1. The molecular formula is C19H19N7O. The van der Waals surface area contributed by atoms with Crippen molar-refractivity contribution in [1.82, 2.24) is 29.5 Å². The first-order chi connectivity index (χ1) is 13.2. The minimum absolute atomic E-state index is 0.595. The van der Waals surface area contributed by atoms with E-state index in [1.54, 1.807) is 28.1 Å². The molecule has 1 N–H and O–H groups in total. The molecule has 0 bridgehead atoms. The van der Waals surface area contributed by atoms with Gasteiger partial charge in [-0.05, 0) is 43.3 Å². The van der Waals surface area contributed by atoms with E-state index in [1.165, 1.54) is 6.33 Å². The van der Waals surface area contributed by atoms with Gasteiger partial charge in [-0.15, -0.1) is 0 Å². The first-order valence-corrected chi connectivity index (χ1v) is 8.50. The summed E-state index contributed by atoms with van der Waals surface area (Å²) in [6.45, 7) is 2.57. The zero-order valence-corrected chi connectivity index (χ0v) is 15.1. The van der Waals surface area contributed by atoms with Gasteiger partial charge in [0.1, 0.15) is 18.4 Å². The van der Waals surface area contributed by atoms with Gasteiger partial charge in [0.15, 0.2) is 0 Å². The van der Waals surface area contributed by atoms with Crippen molar-refractivity contribution < 1.29 is 4.74 Å². The Kier molecular flexibility index (Phi) is 4.52. The van der Waals surface area contributed by atoms with E-state index in [4.69, 9.17) is 4.74 Å². The van der Waals surface area contributed by atoms with Gasteiger partial charge in [-0.3, -0.25) is 4.98 Å². The lowest BCUT2D eigenvalue weighted by Crippen LogP contribution is -2.03. The number of rotatable bonds is 6. The van der Waals surface area contributed by atoms with Crippen LogP contribution in [0, 0.1) is 6.92 Å². The summed E-state index contributed by atoms with van der Waals surface area (Å²) in [5.74, 6) is 1.38. The van der Waals surface area contributed by atoms with Crippen LogP contribution in [-0.2, 0) is 13.6 Å². The van der Waals surface area contributed by atoms with E-state index in [9.17, 15) is 0 Å². The molecule has 8 nitrogen and oxygen atoms in total. The van der Waals surface area contributed by atoms with Crippen LogP contribution in [0.2, 0.25) is 0 Å². The molecule has 0 saturated carbocycles. The standard InChI is InChI=1S/C19H19N7O/c1-14-18(19(25(2)24-14)27-17-4-3-9-20-10-17)11-22-15-5-7-16(8-6-15)26-13-21-12-23-26/h3-10,12-13,22H,11H2,1-2H3. The Bertz CT molecular complexity index is 1010. The molecule has 27 heavy (non-hydrogen) atoms. The molecule has 0 unspecified atom stereocenters. The van der Waals surface area contributed by atoms with Crippen LogP contribution >= 0.6 is 0 Å². The Balaban J connectivity index is 1.49. The zero-order valence-electron chi connectivity index (χ0n) is 15.1. The molecular weight excluding hydrogens is 342 g/mol. The maximum atomic E-state index is 6.00. The van der Waals surface area contributed by atoms with Gasteiger partial charge in [0.25, 0.3) is 0 Å². The SMILES string of the molecule is Cc1nn(C)c(Oc2cccnc2)c1CNc1ccc(-n2cncn2)cc1. The van der Waals surface area contributed by atoms with Gasteiger partial charge >= 0.3 is 0 Å². The summed E-state index contributed by atoms with van der Waals surface area (Å²) in [6, 6.07) is 11.7. The number of hydrogen-bond acceptors (Lipinski definition) is 6. The Labute approximate surface area is 156 Å². The summed E-state index contributed by atoms with van der Waals surface area (Å²) in [5, 5.41) is 12.0. The molecule has 0 aliphatic heterocycles. The highest BCUT2D eigenvalue weighted by Crippen LogP contribution is 2.27. The van der Waals surface area contributed by atoms with Crippen LogP contribution in [0.5, 0.6) is 11.6 Å². The second-order valence-corrected chi connectivity index (χ2v) is 6.02. The van der Waals surface area contributed by atoms with Crippen molar-refractivity contribution in [2.24, 2.45) is 7.05 Å². The first-order valence-electron chi connectivity index (χ1n) is 8.50. The minimum atomic E-state index is 0.595. The van der Waals surface area contributed by atoms with Gasteiger partial charge in [0, 0.05) is 25.5 Å². The number of aryl methyl sites for hydroxylation is 2. The smallest absolute Gasteiger partial charge is 0.222 e. The highest BCUT2D eigenvalue weighted by molar-refractivity contribution is 5.49. The van der Waals surface area contributed by atoms with Crippen LogP contribution in [0.4, 0.5) is 5.69 Å². The molecule has 4 aromatic rings. The number of anilines is 1. The van der Waals surface area contributed by atoms with Gasteiger partial charge < -0.3 is 10.1 Å². The van der Waals surface area contributed by atoms with E-state index < -0.39 is 0 Å². The van der Waals surface area contributed by atoms with E-state index in [2.05, 4.69) is 25.5 Å². The second kappa shape index (κ2) is 7.28. The lowest BCUT2D eigenvalue weighted by Gasteiger charge is -2.11. The normalized spacial score (nSPS) is 10.7. The topological polar surface area (TPSA) is 82.7 Å².